The van der Waals surface area contributed by atoms with E-state index in [-0.39, 0.29) is 0 Å². The minimum atomic E-state index is 0.409. The summed E-state index contributed by atoms with van der Waals surface area (Å²) >= 11 is 3.36. The number of pyridine rings is 1. The first-order valence-corrected chi connectivity index (χ1v) is 7.07. The van der Waals surface area contributed by atoms with Crippen LogP contribution in [0, 0.1) is 0 Å². The summed E-state index contributed by atoms with van der Waals surface area (Å²) in [5.41, 5.74) is 2.02. The molecule has 0 aliphatic rings. The first-order valence-electron chi connectivity index (χ1n) is 6.27. The molecule has 1 heterocycles. The fourth-order valence-corrected chi connectivity index (χ4v) is 2.03. The van der Waals surface area contributed by atoms with Gasteiger partial charge in [-0.05, 0) is 52.8 Å². The van der Waals surface area contributed by atoms with Crippen molar-refractivity contribution in [2.45, 2.75) is 13.2 Å². The van der Waals surface area contributed by atoms with Gasteiger partial charge < -0.3 is 14.8 Å². The van der Waals surface area contributed by atoms with Gasteiger partial charge in [-0.25, -0.2) is 0 Å². The van der Waals surface area contributed by atoms with Crippen molar-refractivity contribution in [3.63, 3.8) is 0 Å². The number of nitrogens with one attached hydrogen (secondary N) is 1. The molecule has 0 bridgehead atoms. The van der Waals surface area contributed by atoms with E-state index in [1.807, 2.05) is 37.4 Å². The highest BCUT2D eigenvalue weighted by Crippen LogP contribution is 2.28. The van der Waals surface area contributed by atoms with E-state index in [0.29, 0.717) is 6.61 Å². The van der Waals surface area contributed by atoms with Gasteiger partial charge in [0, 0.05) is 17.2 Å². The Balaban J connectivity index is 2.10. The van der Waals surface area contributed by atoms with Crippen molar-refractivity contribution in [3.8, 4) is 11.5 Å². The molecular formula is C15H17BrN2O2. The van der Waals surface area contributed by atoms with Crippen molar-refractivity contribution in [3.05, 3.63) is 52.3 Å². The van der Waals surface area contributed by atoms with Crippen LogP contribution < -0.4 is 14.8 Å². The normalized spacial score (nSPS) is 10.3. The molecule has 0 aliphatic carbocycles. The smallest absolute Gasteiger partial charge is 0.162 e. The van der Waals surface area contributed by atoms with Crippen molar-refractivity contribution in [2.24, 2.45) is 0 Å². The first kappa shape index (κ1) is 14.8. The molecule has 0 atom stereocenters. The summed E-state index contributed by atoms with van der Waals surface area (Å²) in [6.07, 6.45) is 1.76. The molecule has 0 fully saturated rings. The lowest BCUT2D eigenvalue weighted by Gasteiger charge is -2.12. The summed E-state index contributed by atoms with van der Waals surface area (Å²) in [5.74, 6) is 1.45. The second kappa shape index (κ2) is 7.26. The molecule has 0 spiro atoms. The van der Waals surface area contributed by atoms with Crippen LogP contribution >= 0.6 is 15.9 Å². The fraction of sp³-hybridized carbons (Fsp3) is 0.267. The summed E-state index contributed by atoms with van der Waals surface area (Å²) in [7, 11) is 3.55. The molecule has 0 saturated carbocycles. The third kappa shape index (κ3) is 3.95. The van der Waals surface area contributed by atoms with Crippen LogP contribution in [0.3, 0.4) is 0 Å². The molecule has 0 amide bonds. The summed E-state index contributed by atoms with van der Waals surface area (Å²) in [6, 6.07) is 9.78. The molecule has 0 aliphatic heterocycles. The Morgan fingerprint density at radius 1 is 1.20 bits per heavy atom. The molecule has 5 heteroatoms. The van der Waals surface area contributed by atoms with E-state index >= 15 is 0 Å². The van der Waals surface area contributed by atoms with Crippen molar-refractivity contribution in [1.29, 1.82) is 0 Å². The van der Waals surface area contributed by atoms with Crippen molar-refractivity contribution in [1.82, 2.24) is 10.3 Å². The number of halogens is 1. The van der Waals surface area contributed by atoms with Crippen LogP contribution in [0.1, 0.15) is 11.3 Å². The molecular weight excluding hydrogens is 320 g/mol. The van der Waals surface area contributed by atoms with Gasteiger partial charge in [0.05, 0.1) is 12.8 Å². The zero-order valence-electron chi connectivity index (χ0n) is 11.5. The van der Waals surface area contributed by atoms with Crippen LogP contribution in [-0.4, -0.2) is 19.1 Å². The Labute approximate surface area is 127 Å². The van der Waals surface area contributed by atoms with Crippen molar-refractivity contribution in [2.75, 3.05) is 14.2 Å². The summed E-state index contributed by atoms with van der Waals surface area (Å²) in [6.45, 7) is 1.20. The van der Waals surface area contributed by atoms with E-state index in [9.17, 15) is 0 Å². The largest absolute Gasteiger partial charge is 0.493 e. The maximum Gasteiger partial charge on any atom is 0.162 e. The molecule has 4 nitrogen and oxygen atoms in total. The lowest BCUT2D eigenvalue weighted by atomic mass is 10.2. The number of ether oxygens (including phenoxy) is 2. The van der Waals surface area contributed by atoms with E-state index in [1.165, 1.54) is 0 Å². The van der Waals surface area contributed by atoms with E-state index in [0.717, 1.165) is 33.8 Å². The number of benzene rings is 1. The van der Waals surface area contributed by atoms with Gasteiger partial charge >= 0.3 is 0 Å². The molecule has 2 rings (SSSR count). The lowest BCUT2D eigenvalue weighted by molar-refractivity contribution is 0.280. The second-order valence-corrected chi connectivity index (χ2v) is 5.19. The molecule has 0 radical (unpaired) electrons. The molecule has 106 valence electrons. The number of nitrogens with zero attached hydrogens (tertiary/aromatic N) is 1. The van der Waals surface area contributed by atoms with Crippen molar-refractivity contribution >= 4 is 15.9 Å². The molecule has 1 N–H and O–H groups in total. The van der Waals surface area contributed by atoms with Crippen LogP contribution in [0.5, 0.6) is 11.5 Å². The number of aromatic nitrogens is 1. The van der Waals surface area contributed by atoms with E-state index in [1.54, 1.807) is 13.3 Å². The molecule has 1 aromatic carbocycles. The van der Waals surface area contributed by atoms with Crippen LogP contribution in [0.15, 0.2) is 41.0 Å². The molecule has 1 aromatic heterocycles. The van der Waals surface area contributed by atoms with Gasteiger partial charge in [0.25, 0.3) is 0 Å². The maximum atomic E-state index is 5.81. The first-order chi connectivity index (χ1) is 9.72. The second-order valence-electron chi connectivity index (χ2n) is 4.27. The number of methoxy groups -OCH3 is 1. The Hall–Kier alpha value is -1.59. The monoisotopic (exact) mass is 336 g/mol. The van der Waals surface area contributed by atoms with Crippen LogP contribution in [-0.2, 0) is 13.2 Å². The maximum absolute atomic E-state index is 5.81. The molecule has 0 unspecified atom stereocenters. The summed E-state index contributed by atoms with van der Waals surface area (Å²) in [5, 5.41) is 3.11. The quantitative estimate of drug-likeness (QED) is 0.879. The van der Waals surface area contributed by atoms with Crippen LogP contribution in [0.4, 0.5) is 0 Å². The zero-order chi connectivity index (χ0) is 14.4. The van der Waals surface area contributed by atoms with E-state index < -0.39 is 0 Å². The Bertz CT molecular complexity index is 558. The van der Waals surface area contributed by atoms with Gasteiger partial charge in [-0.15, -0.1) is 0 Å². The zero-order valence-corrected chi connectivity index (χ0v) is 13.1. The third-order valence-corrected chi connectivity index (χ3v) is 3.24. The average Bonchev–Trinajstić information content (AvgIpc) is 2.47. The van der Waals surface area contributed by atoms with E-state index in [2.05, 4.69) is 26.2 Å². The minimum Gasteiger partial charge on any atom is -0.493 e. The highest BCUT2D eigenvalue weighted by atomic mass is 79.9. The predicted octanol–water partition coefficient (Wildman–Crippen LogP) is 3.15. The van der Waals surface area contributed by atoms with Gasteiger partial charge in [0.15, 0.2) is 11.5 Å². The Morgan fingerprint density at radius 3 is 2.70 bits per heavy atom. The van der Waals surface area contributed by atoms with Gasteiger partial charge in [0.1, 0.15) is 6.61 Å². The third-order valence-electron chi connectivity index (χ3n) is 2.77. The standard InChI is InChI=1S/C15H17BrN2O2/c1-17-8-11-3-6-14(19-2)15(7-11)20-10-13-5-4-12(16)9-18-13/h3-7,9,17H,8,10H2,1-2H3. The summed E-state index contributed by atoms with van der Waals surface area (Å²) < 4.78 is 12.1. The number of hydrogen-bond acceptors (Lipinski definition) is 4. The van der Waals surface area contributed by atoms with Gasteiger partial charge in [-0.2, -0.15) is 0 Å². The fourth-order valence-electron chi connectivity index (χ4n) is 1.79. The minimum absolute atomic E-state index is 0.409. The van der Waals surface area contributed by atoms with E-state index in [4.69, 9.17) is 9.47 Å². The highest BCUT2D eigenvalue weighted by molar-refractivity contribution is 9.10. The Kier molecular flexibility index (Phi) is 5.38. The molecule has 2 aromatic rings. The van der Waals surface area contributed by atoms with Crippen LogP contribution in [0.2, 0.25) is 0 Å². The Morgan fingerprint density at radius 2 is 2.05 bits per heavy atom. The molecule has 0 saturated heterocycles. The van der Waals surface area contributed by atoms with Gasteiger partial charge in [0.2, 0.25) is 0 Å². The van der Waals surface area contributed by atoms with Gasteiger partial charge in [-0.1, -0.05) is 6.07 Å². The number of hydrogen-bond donors (Lipinski definition) is 1. The van der Waals surface area contributed by atoms with Crippen molar-refractivity contribution < 1.29 is 9.47 Å². The lowest BCUT2D eigenvalue weighted by Crippen LogP contribution is -2.06. The average molecular weight is 337 g/mol. The predicted molar refractivity (Wildman–Crippen MR) is 82.0 cm³/mol. The topological polar surface area (TPSA) is 43.4 Å². The SMILES string of the molecule is CNCc1ccc(OC)c(OCc2ccc(Br)cn2)c1. The highest BCUT2D eigenvalue weighted by Gasteiger charge is 2.06. The molecule has 20 heavy (non-hydrogen) atoms. The summed E-state index contributed by atoms with van der Waals surface area (Å²) in [4.78, 5) is 4.28. The van der Waals surface area contributed by atoms with Crippen LogP contribution in [0.25, 0.3) is 0 Å². The van der Waals surface area contributed by atoms with Gasteiger partial charge in [-0.3, -0.25) is 4.98 Å². The number of rotatable bonds is 6.